The molecule has 26 heavy (non-hydrogen) atoms. The summed E-state index contributed by atoms with van der Waals surface area (Å²) < 4.78 is 35.3. The number of anilines is 1. The van der Waals surface area contributed by atoms with E-state index >= 15 is 0 Å². The topological polar surface area (TPSA) is 84.9 Å². The third-order valence-electron chi connectivity index (χ3n) is 4.00. The van der Waals surface area contributed by atoms with E-state index in [2.05, 4.69) is 5.32 Å². The third-order valence-corrected chi connectivity index (χ3v) is 5.26. The number of nitrogens with zero attached hydrogens (tertiary/aromatic N) is 1. The highest BCUT2D eigenvalue weighted by molar-refractivity contribution is 7.92. The molecule has 0 aliphatic carbocycles. The van der Waals surface area contributed by atoms with Gasteiger partial charge in [0, 0.05) is 18.7 Å². The lowest BCUT2D eigenvalue weighted by Gasteiger charge is -2.20. The summed E-state index contributed by atoms with van der Waals surface area (Å²) in [7, 11) is -3.34. The quantitative estimate of drug-likeness (QED) is 0.835. The van der Waals surface area contributed by atoms with E-state index in [-0.39, 0.29) is 12.7 Å². The molecule has 1 aliphatic rings. The van der Waals surface area contributed by atoms with Crippen LogP contribution in [0.15, 0.2) is 42.5 Å². The minimum Gasteiger partial charge on any atom is -0.454 e. The van der Waals surface area contributed by atoms with Crippen molar-refractivity contribution >= 4 is 21.6 Å². The fraction of sp³-hybridized carbons (Fsp3) is 0.278. The molecule has 2 aromatic rings. The first-order chi connectivity index (χ1) is 12.4. The van der Waals surface area contributed by atoms with Gasteiger partial charge in [-0.05, 0) is 48.9 Å². The SMILES string of the molecule is CCN(c1ccc(C(=O)NCc2ccc3c(c2)OCO3)cc1)S(C)(=O)=O. The van der Waals surface area contributed by atoms with Gasteiger partial charge >= 0.3 is 0 Å². The number of carbonyl (C=O) groups is 1. The summed E-state index contributed by atoms with van der Waals surface area (Å²) in [4.78, 5) is 12.3. The molecule has 0 bridgehead atoms. The average Bonchev–Trinajstić information content (AvgIpc) is 3.07. The summed E-state index contributed by atoms with van der Waals surface area (Å²) >= 11 is 0. The Morgan fingerprint density at radius 1 is 1.12 bits per heavy atom. The second kappa shape index (κ2) is 7.25. The molecule has 0 aromatic heterocycles. The van der Waals surface area contributed by atoms with Gasteiger partial charge in [0.25, 0.3) is 5.91 Å². The van der Waals surface area contributed by atoms with Crippen LogP contribution in [0.5, 0.6) is 11.5 Å². The number of sulfonamides is 1. The predicted octanol–water partition coefficient (Wildman–Crippen LogP) is 2.13. The van der Waals surface area contributed by atoms with Crippen molar-refractivity contribution in [2.45, 2.75) is 13.5 Å². The van der Waals surface area contributed by atoms with Crippen molar-refractivity contribution < 1.29 is 22.7 Å². The molecule has 0 saturated carbocycles. The number of amides is 1. The highest BCUT2D eigenvalue weighted by atomic mass is 32.2. The predicted molar refractivity (Wildman–Crippen MR) is 98.0 cm³/mol. The standard InChI is InChI=1S/C18H20N2O5S/c1-3-20(26(2,22)23)15-7-5-14(6-8-15)18(21)19-11-13-4-9-16-17(10-13)25-12-24-16/h4-10H,3,11-12H2,1-2H3,(H,19,21). The van der Waals surface area contributed by atoms with Gasteiger partial charge in [-0.1, -0.05) is 6.07 Å². The Balaban J connectivity index is 1.65. The van der Waals surface area contributed by atoms with Crippen LogP contribution in [0, 0.1) is 0 Å². The molecule has 1 N–H and O–H groups in total. The molecule has 7 nitrogen and oxygen atoms in total. The van der Waals surface area contributed by atoms with Crippen LogP contribution in [0.3, 0.4) is 0 Å². The second-order valence-electron chi connectivity index (χ2n) is 5.84. The van der Waals surface area contributed by atoms with Crippen LogP contribution in [0.1, 0.15) is 22.8 Å². The molecular weight excluding hydrogens is 356 g/mol. The van der Waals surface area contributed by atoms with E-state index in [4.69, 9.17) is 9.47 Å². The van der Waals surface area contributed by atoms with Gasteiger partial charge in [0.1, 0.15) is 0 Å². The van der Waals surface area contributed by atoms with Crippen LogP contribution in [-0.4, -0.2) is 33.9 Å². The molecule has 1 heterocycles. The number of fused-ring (bicyclic) bond motifs is 1. The lowest BCUT2D eigenvalue weighted by atomic mass is 10.1. The largest absolute Gasteiger partial charge is 0.454 e. The van der Waals surface area contributed by atoms with Crippen LogP contribution in [0.25, 0.3) is 0 Å². The van der Waals surface area contributed by atoms with E-state index in [1.807, 2.05) is 18.2 Å². The summed E-state index contributed by atoms with van der Waals surface area (Å²) in [5, 5.41) is 2.83. The molecule has 1 aliphatic heterocycles. The number of ether oxygens (including phenoxy) is 2. The summed E-state index contributed by atoms with van der Waals surface area (Å²) in [5.74, 6) is 1.13. The van der Waals surface area contributed by atoms with E-state index in [9.17, 15) is 13.2 Å². The maximum absolute atomic E-state index is 12.3. The lowest BCUT2D eigenvalue weighted by molar-refractivity contribution is 0.0951. The summed E-state index contributed by atoms with van der Waals surface area (Å²) in [6.45, 7) is 2.64. The van der Waals surface area contributed by atoms with E-state index in [1.165, 1.54) is 4.31 Å². The summed E-state index contributed by atoms with van der Waals surface area (Å²) in [6.07, 6.45) is 1.16. The Morgan fingerprint density at radius 3 is 2.46 bits per heavy atom. The third kappa shape index (κ3) is 3.91. The molecular formula is C18H20N2O5S. The lowest BCUT2D eigenvalue weighted by Crippen LogP contribution is -2.29. The van der Waals surface area contributed by atoms with E-state index < -0.39 is 10.0 Å². The number of benzene rings is 2. The molecule has 3 rings (SSSR count). The minimum absolute atomic E-state index is 0.208. The van der Waals surface area contributed by atoms with Gasteiger partial charge in [0.15, 0.2) is 11.5 Å². The molecule has 0 unspecified atom stereocenters. The van der Waals surface area contributed by atoms with Gasteiger partial charge in [-0.2, -0.15) is 0 Å². The minimum atomic E-state index is -3.34. The number of hydrogen-bond donors (Lipinski definition) is 1. The van der Waals surface area contributed by atoms with Crippen molar-refractivity contribution in [3.05, 3.63) is 53.6 Å². The number of carbonyl (C=O) groups excluding carboxylic acids is 1. The fourth-order valence-electron chi connectivity index (χ4n) is 2.72. The van der Waals surface area contributed by atoms with Gasteiger partial charge in [-0.15, -0.1) is 0 Å². The molecule has 138 valence electrons. The second-order valence-corrected chi connectivity index (χ2v) is 7.75. The van der Waals surface area contributed by atoms with Gasteiger partial charge in [0.2, 0.25) is 16.8 Å². The first kappa shape index (κ1) is 18.1. The van der Waals surface area contributed by atoms with Gasteiger partial charge < -0.3 is 14.8 Å². The zero-order valence-electron chi connectivity index (χ0n) is 14.6. The average molecular weight is 376 g/mol. The fourth-order valence-corrected chi connectivity index (χ4v) is 3.70. The molecule has 0 fully saturated rings. The number of hydrogen-bond acceptors (Lipinski definition) is 5. The Labute approximate surface area is 152 Å². The molecule has 0 atom stereocenters. The highest BCUT2D eigenvalue weighted by Crippen LogP contribution is 2.32. The normalized spacial score (nSPS) is 12.7. The van der Waals surface area contributed by atoms with Crippen LogP contribution >= 0.6 is 0 Å². The molecule has 8 heteroatoms. The van der Waals surface area contributed by atoms with Gasteiger partial charge in [0.05, 0.1) is 11.9 Å². The van der Waals surface area contributed by atoms with Crippen molar-refractivity contribution in [1.29, 1.82) is 0 Å². The van der Waals surface area contributed by atoms with E-state index in [1.54, 1.807) is 31.2 Å². The molecule has 0 spiro atoms. The molecule has 0 radical (unpaired) electrons. The molecule has 0 saturated heterocycles. The Bertz CT molecular complexity index is 910. The highest BCUT2D eigenvalue weighted by Gasteiger charge is 2.16. The first-order valence-corrected chi connectivity index (χ1v) is 9.98. The maximum atomic E-state index is 12.3. The van der Waals surface area contributed by atoms with Crippen molar-refractivity contribution in [1.82, 2.24) is 5.32 Å². The van der Waals surface area contributed by atoms with Crippen molar-refractivity contribution in [2.24, 2.45) is 0 Å². The number of rotatable bonds is 6. The van der Waals surface area contributed by atoms with Crippen molar-refractivity contribution in [3.8, 4) is 11.5 Å². The van der Waals surface area contributed by atoms with Gasteiger partial charge in [-0.3, -0.25) is 9.10 Å². The molecule has 2 aromatic carbocycles. The van der Waals surface area contributed by atoms with Gasteiger partial charge in [-0.25, -0.2) is 8.42 Å². The Morgan fingerprint density at radius 2 is 1.81 bits per heavy atom. The smallest absolute Gasteiger partial charge is 0.251 e. The van der Waals surface area contributed by atoms with Crippen molar-refractivity contribution in [3.63, 3.8) is 0 Å². The van der Waals surface area contributed by atoms with E-state index in [0.717, 1.165) is 11.8 Å². The zero-order chi connectivity index (χ0) is 18.7. The summed E-state index contributed by atoms with van der Waals surface area (Å²) in [6, 6.07) is 12.0. The van der Waals surface area contributed by atoms with E-state index in [0.29, 0.717) is 35.8 Å². The van der Waals surface area contributed by atoms with Crippen LogP contribution in [0.2, 0.25) is 0 Å². The first-order valence-electron chi connectivity index (χ1n) is 8.13. The Kier molecular flexibility index (Phi) is 5.03. The van der Waals surface area contributed by atoms with Crippen LogP contribution in [0.4, 0.5) is 5.69 Å². The Hall–Kier alpha value is -2.74. The summed E-state index contributed by atoms with van der Waals surface area (Å²) in [5.41, 5.74) is 1.88. The number of nitrogens with one attached hydrogen (secondary N) is 1. The van der Waals surface area contributed by atoms with Crippen molar-refractivity contribution in [2.75, 3.05) is 23.9 Å². The zero-order valence-corrected chi connectivity index (χ0v) is 15.4. The van der Waals surface area contributed by atoms with Crippen LogP contribution < -0.4 is 19.1 Å². The monoisotopic (exact) mass is 376 g/mol. The molecule has 1 amide bonds. The van der Waals surface area contributed by atoms with Crippen LogP contribution in [-0.2, 0) is 16.6 Å². The maximum Gasteiger partial charge on any atom is 0.251 e.